The van der Waals surface area contributed by atoms with Crippen molar-refractivity contribution in [1.29, 1.82) is 0 Å². The molecule has 3 aromatic carbocycles. The van der Waals surface area contributed by atoms with Gasteiger partial charge in [0.15, 0.2) is 5.58 Å². The summed E-state index contributed by atoms with van der Waals surface area (Å²) in [4.78, 5) is 17.0. The number of carbonyl (C=O) groups is 1. The molecule has 0 fully saturated rings. The van der Waals surface area contributed by atoms with Crippen LogP contribution in [0.15, 0.2) is 59.0 Å². The second-order valence-electron chi connectivity index (χ2n) is 5.90. The molecule has 1 N–H and O–H groups in total. The minimum absolute atomic E-state index is 0.244. The van der Waals surface area contributed by atoms with Crippen LogP contribution in [0, 0.1) is 0 Å². The summed E-state index contributed by atoms with van der Waals surface area (Å²) in [6, 6.07) is 14.9. The Bertz CT molecular complexity index is 1220. The first-order valence-corrected chi connectivity index (χ1v) is 9.54. The molecule has 1 aromatic heterocycles. The van der Waals surface area contributed by atoms with E-state index >= 15 is 0 Å². The maximum Gasteiger partial charge on any atom is 0.257 e. The summed E-state index contributed by atoms with van der Waals surface area (Å²) in [7, 11) is 0. The average molecular weight is 452 g/mol. The number of halogens is 4. The molecule has 8 heteroatoms. The molecule has 0 saturated carbocycles. The van der Waals surface area contributed by atoms with Crippen LogP contribution >= 0.6 is 46.4 Å². The molecule has 0 aliphatic heterocycles. The number of benzene rings is 3. The number of nitrogens with one attached hydrogen (secondary N) is 1. The summed E-state index contributed by atoms with van der Waals surface area (Å²) in [5, 5.41) is 4.37. The van der Waals surface area contributed by atoms with Crippen molar-refractivity contribution in [3.8, 4) is 11.5 Å². The van der Waals surface area contributed by atoms with Crippen LogP contribution in [-0.4, -0.2) is 10.9 Å². The predicted molar refractivity (Wildman–Crippen MR) is 114 cm³/mol. The smallest absolute Gasteiger partial charge is 0.257 e. The van der Waals surface area contributed by atoms with Gasteiger partial charge in [0.2, 0.25) is 5.89 Å². The minimum atomic E-state index is -0.412. The summed E-state index contributed by atoms with van der Waals surface area (Å²) in [6.07, 6.45) is 0. The number of carbonyl (C=O) groups excluding carboxylic acids is 1. The Morgan fingerprint density at radius 2 is 1.61 bits per heavy atom. The first-order valence-electron chi connectivity index (χ1n) is 8.03. The van der Waals surface area contributed by atoms with Gasteiger partial charge in [-0.25, -0.2) is 4.98 Å². The normalized spacial score (nSPS) is 11.0. The molecule has 0 aliphatic rings. The van der Waals surface area contributed by atoms with Gasteiger partial charge >= 0.3 is 0 Å². The molecule has 0 radical (unpaired) electrons. The van der Waals surface area contributed by atoms with Crippen molar-refractivity contribution in [3.63, 3.8) is 0 Å². The highest BCUT2D eigenvalue weighted by atomic mass is 35.5. The highest BCUT2D eigenvalue weighted by molar-refractivity contribution is 6.38. The first kappa shape index (κ1) is 19.1. The van der Waals surface area contributed by atoms with Gasteiger partial charge in [0, 0.05) is 15.6 Å². The number of nitrogens with zero attached hydrogens (tertiary/aromatic N) is 1. The van der Waals surface area contributed by atoms with Crippen LogP contribution in [0.2, 0.25) is 20.1 Å². The molecular weight excluding hydrogens is 442 g/mol. The minimum Gasteiger partial charge on any atom is -0.436 e. The fourth-order valence-electron chi connectivity index (χ4n) is 2.64. The van der Waals surface area contributed by atoms with Crippen molar-refractivity contribution in [3.05, 3.63) is 80.3 Å². The Balaban J connectivity index is 1.67. The molecular formula is C20H10Cl4N2O2. The van der Waals surface area contributed by atoms with Gasteiger partial charge in [0.25, 0.3) is 5.91 Å². The number of hydrogen-bond donors (Lipinski definition) is 1. The zero-order valence-electron chi connectivity index (χ0n) is 14.0. The monoisotopic (exact) mass is 450 g/mol. The molecule has 4 aromatic rings. The molecule has 0 saturated heterocycles. The van der Waals surface area contributed by atoms with E-state index in [0.29, 0.717) is 43.3 Å². The number of aromatic nitrogens is 1. The van der Waals surface area contributed by atoms with Gasteiger partial charge in [0.1, 0.15) is 5.52 Å². The lowest BCUT2D eigenvalue weighted by atomic mass is 10.1. The van der Waals surface area contributed by atoms with E-state index in [4.69, 9.17) is 50.8 Å². The molecule has 0 unspecified atom stereocenters. The standard InChI is InChI=1S/C20H10Cl4N2O2/c21-11-2-4-13(15(24)8-11)19(27)25-16-7-10(1-5-14(16)23)20-26-17-9-12(22)3-6-18(17)28-20/h1-9H,(H,25,27). The van der Waals surface area contributed by atoms with Gasteiger partial charge in [-0.1, -0.05) is 46.4 Å². The lowest BCUT2D eigenvalue weighted by Crippen LogP contribution is -2.12. The Labute approximate surface area is 180 Å². The van der Waals surface area contributed by atoms with Crippen molar-refractivity contribution >= 4 is 69.1 Å². The molecule has 1 heterocycles. The fourth-order valence-corrected chi connectivity index (χ4v) is 3.47. The summed E-state index contributed by atoms with van der Waals surface area (Å²) in [5.74, 6) is -0.0287. The Morgan fingerprint density at radius 1 is 0.857 bits per heavy atom. The van der Waals surface area contributed by atoms with Crippen LogP contribution in [0.3, 0.4) is 0 Å². The van der Waals surface area contributed by atoms with Gasteiger partial charge in [-0.05, 0) is 54.6 Å². The predicted octanol–water partition coefficient (Wildman–Crippen LogP) is 7.36. The second kappa shape index (κ2) is 7.64. The topological polar surface area (TPSA) is 55.1 Å². The summed E-state index contributed by atoms with van der Waals surface area (Å²) < 4.78 is 5.76. The van der Waals surface area contributed by atoms with Crippen molar-refractivity contribution in [2.75, 3.05) is 5.32 Å². The van der Waals surface area contributed by atoms with Crippen molar-refractivity contribution in [1.82, 2.24) is 4.98 Å². The average Bonchev–Trinajstić information content (AvgIpc) is 3.06. The molecule has 0 spiro atoms. The zero-order chi connectivity index (χ0) is 19.8. The van der Waals surface area contributed by atoms with Crippen LogP contribution in [0.4, 0.5) is 5.69 Å². The molecule has 140 valence electrons. The molecule has 4 nitrogen and oxygen atoms in total. The van der Waals surface area contributed by atoms with E-state index in [0.717, 1.165) is 0 Å². The Morgan fingerprint density at radius 3 is 2.39 bits per heavy atom. The zero-order valence-corrected chi connectivity index (χ0v) is 17.0. The number of fused-ring (bicyclic) bond motifs is 1. The maximum absolute atomic E-state index is 12.6. The largest absolute Gasteiger partial charge is 0.436 e. The summed E-state index contributed by atoms with van der Waals surface area (Å²) >= 11 is 24.2. The van der Waals surface area contributed by atoms with Gasteiger partial charge in [-0.3, -0.25) is 4.79 Å². The fraction of sp³-hybridized carbons (Fsp3) is 0. The van der Waals surface area contributed by atoms with Crippen LogP contribution in [0.5, 0.6) is 0 Å². The van der Waals surface area contributed by atoms with Gasteiger partial charge < -0.3 is 9.73 Å². The third kappa shape index (κ3) is 3.82. The van der Waals surface area contributed by atoms with E-state index in [-0.39, 0.29) is 10.6 Å². The van der Waals surface area contributed by atoms with E-state index in [9.17, 15) is 4.79 Å². The summed E-state index contributed by atoms with van der Waals surface area (Å²) in [6.45, 7) is 0. The van der Waals surface area contributed by atoms with Gasteiger partial charge in [0.05, 0.1) is 21.3 Å². The van der Waals surface area contributed by atoms with Gasteiger partial charge in [-0.2, -0.15) is 0 Å². The third-order valence-corrected chi connectivity index (χ3v) is 5.10. The lowest BCUT2D eigenvalue weighted by Gasteiger charge is -2.10. The number of anilines is 1. The number of amides is 1. The highest BCUT2D eigenvalue weighted by Gasteiger charge is 2.15. The molecule has 4 rings (SSSR count). The quantitative estimate of drug-likeness (QED) is 0.354. The second-order valence-corrected chi connectivity index (χ2v) is 7.59. The number of oxazole rings is 1. The van der Waals surface area contributed by atoms with E-state index in [1.807, 2.05) is 0 Å². The van der Waals surface area contributed by atoms with Crippen LogP contribution < -0.4 is 5.32 Å². The maximum atomic E-state index is 12.6. The van der Waals surface area contributed by atoms with Crippen LogP contribution in [-0.2, 0) is 0 Å². The van der Waals surface area contributed by atoms with Crippen LogP contribution in [0.25, 0.3) is 22.6 Å². The van der Waals surface area contributed by atoms with E-state index in [1.54, 1.807) is 48.5 Å². The van der Waals surface area contributed by atoms with Crippen molar-refractivity contribution in [2.24, 2.45) is 0 Å². The van der Waals surface area contributed by atoms with E-state index in [2.05, 4.69) is 10.3 Å². The number of rotatable bonds is 3. The van der Waals surface area contributed by atoms with E-state index in [1.165, 1.54) is 6.07 Å². The first-order chi connectivity index (χ1) is 13.4. The Hall–Kier alpha value is -2.24. The molecule has 1 amide bonds. The molecule has 28 heavy (non-hydrogen) atoms. The van der Waals surface area contributed by atoms with Gasteiger partial charge in [-0.15, -0.1) is 0 Å². The summed E-state index contributed by atoms with van der Waals surface area (Å²) in [5.41, 5.74) is 2.57. The van der Waals surface area contributed by atoms with Crippen molar-refractivity contribution < 1.29 is 9.21 Å². The SMILES string of the molecule is O=C(Nc1cc(-c2nc3cc(Cl)ccc3o2)ccc1Cl)c1ccc(Cl)cc1Cl. The molecule has 0 bridgehead atoms. The van der Waals surface area contributed by atoms with Crippen LogP contribution in [0.1, 0.15) is 10.4 Å². The van der Waals surface area contributed by atoms with Crippen molar-refractivity contribution in [2.45, 2.75) is 0 Å². The lowest BCUT2D eigenvalue weighted by molar-refractivity contribution is 0.102. The Kier molecular flexibility index (Phi) is 5.21. The highest BCUT2D eigenvalue weighted by Crippen LogP contribution is 2.32. The molecule has 0 atom stereocenters. The third-order valence-electron chi connectivity index (χ3n) is 3.99. The van der Waals surface area contributed by atoms with E-state index < -0.39 is 5.91 Å². The number of hydrogen-bond acceptors (Lipinski definition) is 3. The molecule has 0 aliphatic carbocycles.